The molecule has 6 heteroatoms. The van der Waals surface area contributed by atoms with Gasteiger partial charge in [-0.3, -0.25) is 4.99 Å². The Morgan fingerprint density at radius 1 is 0.929 bits per heavy atom. The van der Waals surface area contributed by atoms with Gasteiger partial charge in [-0.2, -0.15) is 0 Å². The first-order valence-electron chi connectivity index (χ1n) is 9.51. The minimum atomic E-state index is 0.640. The molecule has 0 aliphatic heterocycles. The van der Waals surface area contributed by atoms with Crippen LogP contribution in [-0.4, -0.2) is 45.7 Å². The van der Waals surface area contributed by atoms with Crippen LogP contribution < -0.4 is 20.1 Å². The Bertz CT molecular complexity index is 777. The maximum absolute atomic E-state index is 5.36. The van der Waals surface area contributed by atoms with Crippen molar-refractivity contribution >= 4 is 5.96 Å². The predicted molar refractivity (Wildman–Crippen MR) is 115 cm³/mol. The van der Waals surface area contributed by atoms with Crippen molar-refractivity contribution in [2.24, 2.45) is 4.99 Å². The molecule has 0 atom stereocenters. The van der Waals surface area contributed by atoms with E-state index in [1.807, 2.05) is 18.2 Å². The smallest absolute Gasteiger partial charge is 0.191 e. The molecular weight excluding hydrogens is 352 g/mol. The van der Waals surface area contributed by atoms with E-state index >= 15 is 0 Å². The van der Waals surface area contributed by atoms with Crippen molar-refractivity contribution in [3.8, 4) is 11.5 Å². The molecule has 0 fully saturated rings. The van der Waals surface area contributed by atoms with Crippen molar-refractivity contribution in [1.82, 2.24) is 15.5 Å². The third-order valence-electron chi connectivity index (χ3n) is 4.58. The quantitative estimate of drug-likeness (QED) is 0.514. The van der Waals surface area contributed by atoms with E-state index in [1.54, 1.807) is 21.3 Å². The second kappa shape index (κ2) is 11.2. The highest BCUT2D eigenvalue weighted by atomic mass is 16.5. The molecule has 0 heterocycles. The summed E-state index contributed by atoms with van der Waals surface area (Å²) >= 11 is 0. The highest BCUT2D eigenvalue weighted by Crippen LogP contribution is 2.27. The summed E-state index contributed by atoms with van der Waals surface area (Å²) in [6.07, 6.45) is 0. The van der Waals surface area contributed by atoms with Crippen LogP contribution in [0, 0.1) is 0 Å². The summed E-state index contributed by atoms with van der Waals surface area (Å²) in [5, 5.41) is 6.71. The molecule has 0 amide bonds. The third-order valence-corrected chi connectivity index (χ3v) is 4.58. The maximum atomic E-state index is 5.36. The van der Waals surface area contributed by atoms with Gasteiger partial charge in [0.15, 0.2) is 17.5 Å². The van der Waals surface area contributed by atoms with Gasteiger partial charge in [-0.15, -0.1) is 0 Å². The molecule has 2 aromatic carbocycles. The van der Waals surface area contributed by atoms with Gasteiger partial charge < -0.3 is 25.0 Å². The van der Waals surface area contributed by atoms with Crippen LogP contribution in [0.5, 0.6) is 11.5 Å². The van der Waals surface area contributed by atoms with E-state index in [9.17, 15) is 0 Å². The van der Waals surface area contributed by atoms with Gasteiger partial charge in [0.1, 0.15) is 0 Å². The Morgan fingerprint density at radius 2 is 1.57 bits per heavy atom. The van der Waals surface area contributed by atoms with Gasteiger partial charge >= 0.3 is 0 Å². The van der Waals surface area contributed by atoms with E-state index in [-0.39, 0.29) is 0 Å². The molecule has 0 bridgehead atoms. The van der Waals surface area contributed by atoms with E-state index in [1.165, 1.54) is 11.1 Å². The van der Waals surface area contributed by atoms with Gasteiger partial charge in [0.25, 0.3) is 0 Å². The zero-order valence-corrected chi connectivity index (χ0v) is 17.6. The molecule has 0 saturated carbocycles. The van der Waals surface area contributed by atoms with Gasteiger partial charge in [0, 0.05) is 26.7 Å². The van der Waals surface area contributed by atoms with Crippen LogP contribution >= 0.6 is 0 Å². The van der Waals surface area contributed by atoms with Crippen molar-refractivity contribution in [2.45, 2.75) is 26.6 Å². The van der Waals surface area contributed by atoms with Gasteiger partial charge in [-0.1, -0.05) is 37.3 Å². The van der Waals surface area contributed by atoms with Crippen LogP contribution in [0.1, 0.15) is 23.6 Å². The van der Waals surface area contributed by atoms with Crippen LogP contribution in [0.2, 0.25) is 0 Å². The molecule has 0 aliphatic carbocycles. The highest BCUT2D eigenvalue weighted by molar-refractivity contribution is 5.79. The van der Waals surface area contributed by atoms with E-state index in [4.69, 9.17) is 9.47 Å². The van der Waals surface area contributed by atoms with Crippen molar-refractivity contribution in [1.29, 1.82) is 0 Å². The SMILES string of the molecule is CCN(C)Cc1cccc(CNC(=NC)NCc2ccc(OC)c(OC)c2)c1. The number of guanidine groups is 1. The first-order valence-corrected chi connectivity index (χ1v) is 9.51. The number of aliphatic imine (C=N–C) groups is 1. The number of methoxy groups -OCH3 is 2. The van der Waals surface area contributed by atoms with Crippen LogP contribution in [0.15, 0.2) is 47.5 Å². The van der Waals surface area contributed by atoms with Crippen LogP contribution in [0.4, 0.5) is 0 Å². The fourth-order valence-corrected chi connectivity index (χ4v) is 2.84. The largest absolute Gasteiger partial charge is 0.493 e. The Morgan fingerprint density at radius 3 is 2.18 bits per heavy atom. The minimum Gasteiger partial charge on any atom is -0.493 e. The number of rotatable bonds is 9. The first kappa shape index (κ1) is 21.6. The minimum absolute atomic E-state index is 0.640. The van der Waals surface area contributed by atoms with Crippen molar-refractivity contribution < 1.29 is 9.47 Å². The Labute approximate surface area is 168 Å². The Kier molecular flexibility index (Phi) is 8.62. The molecule has 0 unspecified atom stereocenters. The molecule has 0 aromatic heterocycles. The lowest BCUT2D eigenvalue weighted by molar-refractivity contribution is 0.345. The average molecular weight is 385 g/mol. The maximum Gasteiger partial charge on any atom is 0.191 e. The molecule has 0 spiro atoms. The summed E-state index contributed by atoms with van der Waals surface area (Å²) in [5.74, 6) is 2.20. The Hall–Kier alpha value is -2.73. The van der Waals surface area contributed by atoms with Crippen molar-refractivity contribution in [2.75, 3.05) is 34.9 Å². The number of benzene rings is 2. The number of hydrogen-bond donors (Lipinski definition) is 2. The lowest BCUT2D eigenvalue weighted by Gasteiger charge is -2.16. The molecule has 0 aliphatic rings. The second-order valence-electron chi connectivity index (χ2n) is 6.62. The van der Waals surface area contributed by atoms with Crippen molar-refractivity contribution in [3.05, 3.63) is 59.2 Å². The average Bonchev–Trinajstić information content (AvgIpc) is 2.73. The predicted octanol–water partition coefficient (Wildman–Crippen LogP) is 3.02. The third kappa shape index (κ3) is 6.46. The normalized spacial score (nSPS) is 11.4. The van der Waals surface area contributed by atoms with Gasteiger partial charge in [-0.25, -0.2) is 0 Å². The van der Waals surface area contributed by atoms with Crippen LogP contribution in [0.3, 0.4) is 0 Å². The van der Waals surface area contributed by atoms with Gasteiger partial charge in [0.2, 0.25) is 0 Å². The summed E-state index contributed by atoms with van der Waals surface area (Å²) in [5.41, 5.74) is 3.64. The number of nitrogens with one attached hydrogen (secondary N) is 2. The molecule has 2 aromatic rings. The zero-order chi connectivity index (χ0) is 20.4. The zero-order valence-electron chi connectivity index (χ0n) is 17.6. The molecule has 6 nitrogen and oxygen atoms in total. The summed E-state index contributed by atoms with van der Waals surface area (Å²) in [4.78, 5) is 6.60. The van der Waals surface area contributed by atoms with E-state index in [0.717, 1.165) is 42.7 Å². The summed E-state index contributed by atoms with van der Waals surface area (Å²) in [7, 11) is 7.18. The molecule has 28 heavy (non-hydrogen) atoms. The van der Waals surface area contributed by atoms with E-state index in [2.05, 4.69) is 58.8 Å². The molecule has 0 radical (unpaired) electrons. The summed E-state index contributed by atoms with van der Waals surface area (Å²) < 4.78 is 10.6. The van der Waals surface area contributed by atoms with E-state index in [0.29, 0.717) is 6.54 Å². The first-order chi connectivity index (χ1) is 13.6. The highest BCUT2D eigenvalue weighted by Gasteiger charge is 2.06. The molecule has 2 N–H and O–H groups in total. The van der Waals surface area contributed by atoms with Crippen LogP contribution in [-0.2, 0) is 19.6 Å². The molecular formula is C22H32N4O2. The lowest BCUT2D eigenvalue weighted by Crippen LogP contribution is -2.36. The van der Waals surface area contributed by atoms with E-state index < -0.39 is 0 Å². The summed E-state index contributed by atoms with van der Waals surface area (Å²) in [6, 6.07) is 14.5. The Balaban J connectivity index is 1.90. The number of hydrogen-bond acceptors (Lipinski definition) is 4. The van der Waals surface area contributed by atoms with Crippen molar-refractivity contribution in [3.63, 3.8) is 0 Å². The lowest BCUT2D eigenvalue weighted by atomic mass is 10.1. The fourth-order valence-electron chi connectivity index (χ4n) is 2.84. The van der Waals surface area contributed by atoms with Crippen LogP contribution in [0.25, 0.3) is 0 Å². The van der Waals surface area contributed by atoms with Gasteiger partial charge in [-0.05, 0) is 42.4 Å². The molecule has 0 saturated heterocycles. The van der Waals surface area contributed by atoms with Gasteiger partial charge in [0.05, 0.1) is 14.2 Å². The second-order valence-corrected chi connectivity index (χ2v) is 6.62. The monoisotopic (exact) mass is 384 g/mol. The summed E-state index contributed by atoms with van der Waals surface area (Å²) in [6.45, 7) is 5.52. The number of nitrogens with zero attached hydrogens (tertiary/aromatic N) is 2. The molecule has 152 valence electrons. The molecule has 2 rings (SSSR count). The number of ether oxygens (including phenoxy) is 2. The fraction of sp³-hybridized carbons (Fsp3) is 0.409. The standard InChI is InChI=1S/C22H32N4O2/c1-6-26(3)16-19-9-7-8-17(12-19)14-24-22(23-2)25-15-18-10-11-20(27-4)21(13-18)28-5/h7-13H,6,14-16H2,1-5H3,(H2,23,24,25). The topological polar surface area (TPSA) is 58.1 Å².